The fourth-order valence-corrected chi connectivity index (χ4v) is 4.72. The number of benzene rings is 1. The third-order valence-corrected chi connectivity index (χ3v) is 6.22. The molecular formula is C20H19F2N3O3S. The van der Waals surface area contributed by atoms with Crippen LogP contribution in [0.25, 0.3) is 0 Å². The Bertz CT molecular complexity index is 1030. The van der Waals surface area contributed by atoms with Gasteiger partial charge in [0.1, 0.15) is 11.6 Å². The summed E-state index contributed by atoms with van der Waals surface area (Å²) in [5, 5.41) is 3.01. The molecule has 4 rings (SSSR count). The third kappa shape index (κ3) is 3.78. The number of ketones is 1. The molecule has 0 saturated carbocycles. The summed E-state index contributed by atoms with van der Waals surface area (Å²) in [5.41, 5.74) is 0.463. The zero-order chi connectivity index (χ0) is 20.9. The number of carbonyl (C=O) groups is 3. The molecule has 0 bridgehead atoms. The monoisotopic (exact) mass is 419 g/mol. The molecule has 0 spiro atoms. The molecule has 1 unspecified atom stereocenters. The van der Waals surface area contributed by atoms with E-state index >= 15 is 0 Å². The number of nitrogens with one attached hydrogen (secondary N) is 1. The van der Waals surface area contributed by atoms with Gasteiger partial charge in [-0.1, -0.05) is 25.2 Å². The van der Waals surface area contributed by atoms with Gasteiger partial charge in [-0.3, -0.25) is 14.4 Å². The SMILES string of the molecule is CC1(C)CC(=O)c2sc(NC(=O)C3CC(=O)N(c4ccc(F)cc4F)C3)nc2C1. The first kappa shape index (κ1) is 19.6. The minimum atomic E-state index is -0.854. The second-order valence-electron chi connectivity index (χ2n) is 8.23. The highest BCUT2D eigenvalue weighted by atomic mass is 32.1. The molecule has 1 aromatic carbocycles. The minimum absolute atomic E-state index is 0.00965. The largest absolute Gasteiger partial charge is 0.309 e. The molecule has 2 aromatic rings. The van der Waals surface area contributed by atoms with E-state index in [1.807, 2.05) is 13.8 Å². The molecule has 2 amide bonds. The molecule has 1 aliphatic carbocycles. The maximum atomic E-state index is 14.0. The van der Waals surface area contributed by atoms with E-state index in [4.69, 9.17) is 0 Å². The van der Waals surface area contributed by atoms with E-state index in [9.17, 15) is 23.2 Å². The predicted molar refractivity (Wildman–Crippen MR) is 104 cm³/mol. The van der Waals surface area contributed by atoms with Crippen molar-refractivity contribution in [3.63, 3.8) is 0 Å². The Hall–Kier alpha value is -2.68. The summed E-state index contributed by atoms with van der Waals surface area (Å²) in [7, 11) is 0. The van der Waals surface area contributed by atoms with Crippen molar-refractivity contribution in [3.05, 3.63) is 40.4 Å². The molecule has 152 valence electrons. The molecule has 0 radical (unpaired) electrons. The average molecular weight is 419 g/mol. The second-order valence-corrected chi connectivity index (χ2v) is 9.23. The quantitative estimate of drug-likeness (QED) is 0.825. The zero-order valence-electron chi connectivity index (χ0n) is 15.9. The molecule has 1 atom stereocenters. The molecule has 1 fully saturated rings. The van der Waals surface area contributed by atoms with E-state index in [1.165, 1.54) is 6.07 Å². The van der Waals surface area contributed by atoms with Gasteiger partial charge in [-0.05, 0) is 24.0 Å². The van der Waals surface area contributed by atoms with Crippen LogP contribution in [0, 0.1) is 23.0 Å². The summed E-state index contributed by atoms with van der Waals surface area (Å²) >= 11 is 1.14. The molecule has 1 N–H and O–H groups in total. The van der Waals surface area contributed by atoms with E-state index in [-0.39, 0.29) is 29.9 Å². The van der Waals surface area contributed by atoms with Crippen LogP contribution in [0.2, 0.25) is 0 Å². The number of halogens is 2. The highest BCUT2D eigenvalue weighted by molar-refractivity contribution is 7.17. The molecule has 9 heteroatoms. The topological polar surface area (TPSA) is 79.4 Å². The number of carbonyl (C=O) groups excluding carboxylic acids is 3. The van der Waals surface area contributed by atoms with Gasteiger partial charge in [-0.15, -0.1) is 0 Å². The van der Waals surface area contributed by atoms with Crippen molar-refractivity contribution in [3.8, 4) is 0 Å². The van der Waals surface area contributed by atoms with Gasteiger partial charge in [0.15, 0.2) is 10.9 Å². The number of amides is 2. The third-order valence-electron chi connectivity index (χ3n) is 5.16. The Morgan fingerprint density at radius 2 is 2.03 bits per heavy atom. The molecule has 1 aliphatic heterocycles. The number of hydrogen-bond donors (Lipinski definition) is 1. The fourth-order valence-electron chi connectivity index (χ4n) is 3.80. The Kier molecular flexibility index (Phi) is 4.72. The number of Topliss-reactive ketones (excluding diaryl/α,β-unsaturated/α-hetero) is 1. The Morgan fingerprint density at radius 1 is 1.28 bits per heavy atom. The number of fused-ring (bicyclic) bond motifs is 1. The Morgan fingerprint density at radius 3 is 2.76 bits per heavy atom. The molecule has 2 heterocycles. The van der Waals surface area contributed by atoms with E-state index in [1.54, 1.807) is 0 Å². The summed E-state index contributed by atoms with van der Waals surface area (Å²) in [5.74, 6) is -3.10. The van der Waals surface area contributed by atoms with Crippen LogP contribution in [0.3, 0.4) is 0 Å². The Balaban J connectivity index is 1.48. The van der Waals surface area contributed by atoms with Crippen molar-refractivity contribution < 1.29 is 23.2 Å². The van der Waals surface area contributed by atoms with Gasteiger partial charge >= 0.3 is 0 Å². The van der Waals surface area contributed by atoms with Crippen molar-refractivity contribution in [2.24, 2.45) is 11.3 Å². The maximum Gasteiger partial charge on any atom is 0.231 e. The van der Waals surface area contributed by atoms with Crippen LogP contribution in [0.1, 0.15) is 42.1 Å². The first-order valence-corrected chi connectivity index (χ1v) is 10.0. The van der Waals surface area contributed by atoms with Gasteiger partial charge in [0.05, 0.1) is 22.2 Å². The summed E-state index contributed by atoms with van der Waals surface area (Å²) in [6.45, 7) is 3.99. The number of thiazole rings is 1. The lowest BCUT2D eigenvalue weighted by atomic mass is 9.78. The summed E-state index contributed by atoms with van der Waals surface area (Å²) in [6.07, 6.45) is 1.00. The maximum absolute atomic E-state index is 14.0. The van der Waals surface area contributed by atoms with E-state index in [0.717, 1.165) is 22.3 Å². The smallest absolute Gasteiger partial charge is 0.231 e. The minimum Gasteiger partial charge on any atom is -0.309 e. The van der Waals surface area contributed by atoms with Crippen LogP contribution in [-0.2, 0) is 16.0 Å². The van der Waals surface area contributed by atoms with Crippen molar-refractivity contribution in [1.29, 1.82) is 0 Å². The van der Waals surface area contributed by atoms with Crippen molar-refractivity contribution in [2.45, 2.75) is 33.1 Å². The molecule has 2 aliphatic rings. The number of aromatic nitrogens is 1. The summed E-state index contributed by atoms with van der Waals surface area (Å²) in [4.78, 5) is 43.3. The highest BCUT2D eigenvalue weighted by Crippen LogP contribution is 2.38. The molecule has 1 aromatic heterocycles. The highest BCUT2D eigenvalue weighted by Gasteiger charge is 2.38. The first-order chi connectivity index (χ1) is 13.6. The zero-order valence-corrected chi connectivity index (χ0v) is 16.7. The van der Waals surface area contributed by atoms with Gasteiger partial charge in [0.25, 0.3) is 0 Å². The number of hydrogen-bond acceptors (Lipinski definition) is 5. The number of rotatable bonds is 3. The predicted octanol–water partition coefficient (Wildman–Crippen LogP) is 3.57. The molecular weight excluding hydrogens is 400 g/mol. The van der Waals surface area contributed by atoms with Crippen molar-refractivity contribution >= 4 is 39.8 Å². The van der Waals surface area contributed by atoms with E-state index in [2.05, 4.69) is 10.3 Å². The first-order valence-electron chi connectivity index (χ1n) is 9.22. The normalized spacial score (nSPS) is 20.7. The molecule has 29 heavy (non-hydrogen) atoms. The van der Waals surface area contributed by atoms with Gasteiger partial charge in [0.2, 0.25) is 11.8 Å². The van der Waals surface area contributed by atoms with Gasteiger partial charge in [0, 0.05) is 25.5 Å². The second kappa shape index (κ2) is 6.98. The van der Waals surface area contributed by atoms with Gasteiger partial charge in [-0.25, -0.2) is 13.8 Å². The number of anilines is 2. The fraction of sp³-hybridized carbons (Fsp3) is 0.400. The lowest BCUT2D eigenvalue weighted by Crippen LogP contribution is -2.28. The van der Waals surface area contributed by atoms with E-state index in [0.29, 0.717) is 34.6 Å². The van der Waals surface area contributed by atoms with Crippen LogP contribution in [0.5, 0.6) is 0 Å². The summed E-state index contributed by atoms with van der Waals surface area (Å²) < 4.78 is 27.1. The van der Waals surface area contributed by atoms with Crippen LogP contribution in [0.15, 0.2) is 18.2 Å². The number of nitrogens with zero attached hydrogens (tertiary/aromatic N) is 2. The van der Waals surface area contributed by atoms with Crippen LogP contribution < -0.4 is 10.2 Å². The van der Waals surface area contributed by atoms with Crippen molar-refractivity contribution in [1.82, 2.24) is 4.98 Å². The van der Waals surface area contributed by atoms with Gasteiger partial charge in [-0.2, -0.15) is 0 Å². The molecule has 6 nitrogen and oxygen atoms in total. The summed E-state index contributed by atoms with van der Waals surface area (Å²) in [6, 6.07) is 2.96. The Labute approximate surface area is 169 Å². The van der Waals surface area contributed by atoms with Crippen LogP contribution in [-0.4, -0.2) is 29.1 Å². The van der Waals surface area contributed by atoms with Crippen molar-refractivity contribution in [2.75, 3.05) is 16.8 Å². The lowest BCUT2D eigenvalue weighted by Gasteiger charge is -2.26. The van der Waals surface area contributed by atoms with Gasteiger partial charge < -0.3 is 10.2 Å². The standard InChI is InChI=1S/C20H19F2N3O3S/c1-20(2)7-13-17(15(26)8-20)29-19(23-13)24-18(28)10-5-16(27)25(9-10)14-4-3-11(21)6-12(14)22/h3-4,6,10H,5,7-9H2,1-2H3,(H,23,24,28). The molecule has 1 saturated heterocycles. The lowest BCUT2D eigenvalue weighted by molar-refractivity contribution is -0.122. The van der Waals surface area contributed by atoms with E-state index < -0.39 is 29.4 Å². The van der Waals surface area contributed by atoms with Crippen LogP contribution >= 0.6 is 11.3 Å². The van der Waals surface area contributed by atoms with Crippen LogP contribution in [0.4, 0.5) is 19.6 Å². The average Bonchev–Trinajstić information content (AvgIpc) is 3.17.